The lowest BCUT2D eigenvalue weighted by atomic mass is 10.2. The molecule has 6 nitrogen and oxygen atoms in total. The number of nitrogens with one attached hydrogen (secondary N) is 3. The molecule has 1 aliphatic heterocycles. The van der Waals surface area contributed by atoms with Gasteiger partial charge >= 0.3 is 0 Å². The van der Waals surface area contributed by atoms with Gasteiger partial charge in [0.15, 0.2) is 5.96 Å². The highest BCUT2D eigenvalue weighted by Gasteiger charge is 2.23. The third kappa shape index (κ3) is 6.79. The molecule has 1 aliphatic rings. The fourth-order valence-electron chi connectivity index (χ4n) is 3.54. The predicted molar refractivity (Wildman–Crippen MR) is 124 cm³/mol. The van der Waals surface area contributed by atoms with Crippen LogP contribution in [0, 0.1) is 6.92 Å². The molecule has 6 heteroatoms. The van der Waals surface area contributed by atoms with Crippen LogP contribution in [0.2, 0.25) is 0 Å². The molecular formula is C24H33N5O. The van der Waals surface area contributed by atoms with Crippen LogP contribution in [0.4, 0.5) is 5.69 Å². The summed E-state index contributed by atoms with van der Waals surface area (Å²) in [5.74, 6) is 0.800. The third-order valence-electron chi connectivity index (χ3n) is 5.21. The lowest BCUT2D eigenvalue weighted by Crippen LogP contribution is -2.44. The maximum atomic E-state index is 12.1. The van der Waals surface area contributed by atoms with E-state index in [1.807, 2.05) is 30.3 Å². The molecule has 0 spiro atoms. The summed E-state index contributed by atoms with van der Waals surface area (Å²) in [6, 6.07) is 19.0. The number of guanidine groups is 1. The number of hydrogen-bond acceptors (Lipinski definition) is 3. The summed E-state index contributed by atoms with van der Waals surface area (Å²) in [4.78, 5) is 19.1. The average Bonchev–Trinajstić information content (AvgIpc) is 3.22. The molecule has 1 amide bonds. The molecule has 1 fully saturated rings. The van der Waals surface area contributed by atoms with Crippen molar-refractivity contribution in [1.29, 1.82) is 0 Å². The molecule has 30 heavy (non-hydrogen) atoms. The van der Waals surface area contributed by atoms with E-state index in [0.29, 0.717) is 25.6 Å². The smallest absolute Gasteiger partial charge is 0.222 e. The highest BCUT2D eigenvalue weighted by Crippen LogP contribution is 2.20. The van der Waals surface area contributed by atoms with Gasteiger partial charge in [-0.3, -0.25) is 9.79 Å². The number of hydrogen-bond donors (Lipinski definition) is 3. The van der Waals surface area contributed by atoms with Gasteiger partial charge in [-0.15, -0.1) is 0 Å². The Kier molecular flexibility index (Phi) is 8.12. The van der Waals surface area contributed by atoms with E-state index in [1.165, 1.54) is 11.3 Å². The first-order valence-corrected chi connectivity index (χ1v) is 10.8. The minimum absolute atomic E-state index is 0.0184. The molecule has 3 N–H and O–H groups in total. The quantitative estimate of drug-likeness (QED) is 0.465. The molecular weight excluding hydrogens is 374 g/mol. The Labute approximate surface area is 179 Å². The zero-order valence-corrected chi connectivity index (χ0v) is 18.0. The first-order chi connectivity index (χ1) is 14.6. The Balaban J connectivity index is 1.44. The normalized spacial score (nSPS) is 16.4. The monoisotopic (exact) mass is 407 g/mol. The van der Waals surface area contributed by atoms with Crippen molar-refractivity contribution in [2.24, 2.45) is 4.99 Å². The van der Waals surface area contributed by atoms with Crippen LogP contribution >= 0.6 is 0 Å². The number of rotatable bonds is 8. The van der Waals surface area contributed by atoms with Gasteiger partial charge < -0.3 is 20.9 Å². The maximum Gasteiger partial charge on any atom is 0.222 e. The van der Waals surface area contributed by atoms with Crippen molar-refractivity contribution < 1.29 is 4.79 Å². The average molecular weight is 408 g/mol. The SMILES string of the molecule is CCNC(=NCCC(=O)NCc1ccccc1)NC1CCN(c2ccc(C)cc2)C1. The molecule has 0 saturated carbocycles. The molecule has 160 valence electrons. The summed E-state index contributed by atoms with van der Waals surface area (Å²) in [5, 5.41) is 9.77. The lowest BCUT2D eigenvalue weighted by Gasteiger charge is -2.20. The highest BCUT2D eigenvalue weighted by atomic mass is 16.1. The number of benzene rings is 2. The van der Waals surface area contributed by atoms with Crippen LogP contribution < -0.4 is 20.9 Å². The number of nitrogens with zero attached hydrogens (tertiary/aromatic N) is 2. The summed E-state index contributed by atoms with van der Waals surface area (Å²) in [7, 11) is 0. The van der Waals surface area contributed by atoms with E-state index in [1.54, 1.807) is 0 Å². The van der Waals surface area contributed by atoms with Crippen molar-refractivity contribution in [2.75, 3.05) is 31.1 Å². The highest BCUT2D eigenvalue weighted by molar-refractivity contribution is 5.81. The van der Waals surface area contributed by atoms with Crippen LogP contribution in [0.5, 0.6) is 0 Å². The van der Waals surface area contributed by atoms with E-state index in [-0.39, 0.29) is 5.91 Å². The fraction of sp³-hybridized carbons (Fsp3) is 0.417. The molecule has 0 aromatic heterocycles. The van der Waals surface area contributed by atoms with Gasteiger partial charge in [-0.2, -0.15) is 0 Å². The van der Waals surface area contributed by atoms with E-state index in [9.17, 15) is 4.79 Å². The van der Waals surface area contributed by atoms with Crippen LogP contribution in [0.25, 0.3) is 0 Å². The van der Waals surface area contributed by atoms with E-state index < -0.39 is 0 Å². The number of amides is 1. The Bertz CT molecular complexity index is 819. The van der Waals surface area contributed by atoms with Gasteiger partial charge in [0.25, 0.3) is 0 Å². The number of carbonyl (C=O) groups excluding carboxylic acids is 1. The standard InChI is InChI=1S/C24H33N5O/c1-3-25-24(26-15-13-23(30)27-17-20-7-5-4-6-8-20)28-21-14-16-29(18-21)22-11-9-19(2)10-12-22/h4-12,21H,3,13-18H2,1-2H3,(H,27,30)(H2,25,26,28). The second-order valence-electron chi connectivity index (χ2n) is 7.68. The minimum atomic E-state index is 0.0184. The van der Waals surface area contributed by atoms with Gasteiger partial charge in [-0.05, 0) is 38.0 Å². The molecule has 2 aromatic carbocycles. The van der Waals surface area contributed by atoms with Gasteiger partial charge in [-0.1, -0.05) is 48.0 Å². The molecule has 2 aromatic rings. The van der Waals surface area contributed by atoms with Crippen molar-refractivity contribution in [2.45, 2.75) is 39.3 Å². The van der Waals surface area contributed by atoms with Crippen molar-refractivity contribution in [1.82, 2.24) is 16.0 Å². The van der Waals surface area contributed by atoms with Crippen LogP contribution in [0.1, 0.15) is 30.9 Å². The number of carbonyl (C=O) groups is 1. The molecule has 3 rings (SSSR count). The molecule has 0 bridgehead atoms. The topological polar surface area (TPSA) is 68.8 Å². The second-order valence-corrected chi connectivity index (χ2v) is 7.68. The Morgan fingerprint density at radius 1 is 1.10 bits per heavy atom. The molecule has 1 atom stereocenters. The molecule has 1 unspecified atom stereocenters. The van der Waals surface area contributed by atoms with Crippen LogP contribution in [-0.4, -0.2) is 44.1 Å². The second kappa shape index (κ2) is 11.2. The predicted octanol–water partition coefficient (Wildman–Crippen LogP) is 2.84. The summed E-state index contributed by atoms with van der Waals surface area (Å²) >= 11 is 0. The van der Waals surface area contributed by atoms with Gasteiger partial charge in [-0.25, -0.2) is 0 Å². The van der Waals surface area contributed by atoms with E-state index >= 15 is 0 Å². The summed E-state index contributed by atoms with van der Waals surface area (Å²) in [6.45, 7) is 7.95. The van der Waals surface area contributed by atoms with E-state index in [4.69, 9.17) is 0 Å². The molecule has 1 saturated heterocycles. The van der Waals surface area contributed by atoms with Crippen molar-refractivity contribution >= 4 is 17.6 Å². The van der Waals surface area contributed by atoms with Crippen molar-refractivity contribution in [3.05, 3.63) is 65.7 Å². The first kappa shape index (κ1) is 21.7. The maximum absolute atomic E-state index is 12.1. The van der Waals surface area contributed by atoms with Crippen molar-refractivity contribution in [3.8, 4) is 0 Å². The fourth-order valence-corrected chi connectivity index (χ4v) is 3.54. The summed E-state index contributed by atoms with van der Waals surface area (Å²) in [5.41, 5.74) is 3.65. The Morgan fingerprint density at radius 2 is 1.87 bits per heavy atom. The molecule has 0 radical (unpaired) electrons. The van der Waals surface area contributed by atoms with Gasteiger partial charge in [0.05, 0.1) is 6.54 Å². The van der Waals surface area contributed by atoms with Crippen molar-refractivity contribution in [3.63, 3.8) is 0 Å². The van der Waals surface area contributed by atoms with Crippen LogP contribution in [-0.2, 0) is 11.3 Å². The van der Waals surface area contributed by atoms with E-state index in [0.717, 1.165) is 37.6 Å². The van der Waals surface area contributed by atoms with Gasteiger partial charge in [0, 0.05) is 44.3 Å². The Hall–Kier alpha value is -3.02. The zero-order chi connectivity index (χ0) is 21.2. The lowest BCUT2D eigenvalue weighted by molar-refractivity contribution is -0.121. The number of anilines is 1. The number of aliphatic imine (C=N–C) groups is 1. The van der Waals surface area contributed by atoms with Gasteiger partial charge in [0.2, 0.25) is 5.91 Å². The molecule has 1 heterocycles. The Morgan fingerprint density at radius 3 is 2.60 bits per heavy atom. The van der Waals surface area contributed by atoms with E-state index in [2.05, 4.69) is 64.0 Å². The first-order valence-electron chi connectivity index (χ1n) is 10.8. The summed E-state index contributed by atoms with van der Waals surface area (Å²) < 4.78 is 0. The largest absolute Gasteiger partial charge is 0.369 e. The number of aryl methyl sites for hydroxylation is 1. The third-order valence-corrected chi connectivity index (χ3v) is 5.21. The van der Waals surface area contributed by atoms with Crippen LogP contribution in [0.3, 0.4) is 0 Å². The molecule has 0 aliphatic carbocycles. The van der Waals surface area contributed by atoms with Crippen LogP contribution in [0.15, 0.2) is 59.6 Å². The zero-order valence-electron chi connectivity index (χ0n) is 18.0. The van der Waals surface area contributed by atoms with Gasteiger partial charge in [0.1, 0.15) is 0 Å². The summed E-state index contributed by atoms with van der Waals surface area (Å²) in [6.07, 6.45) is 1.44. The minimum Gasteiger partial charge on any atom is -0.369 e.